The fourth-order valence-corrected chi connectivity index (χ4v) is 0.880. The van der Waals surface area contributed by atoms with Gasteiger partial charge in [0.15, 0.2) is 5.60 Å². The summed E-state index contributed by atoms with van der Waals surface area (Å²) in [5.74, 6) is -2.21. The zero-order chi connectivity index (χ0) is 12.2. The molecule has 1 unspecified atom stereocenters. The Kier molecular flexibility index (Phi) is 8.76. The van der Waals surface area contributed by atoms with Crippen LogP contribution in [-0.2, 0) is 4.79 Å². The number of hydrogen-bond donors (Lipinski definition) is 6. The Balaban J connectivity index is 0. The van der Waals surface area contributed by atoms with Crippen molar-refractivity contribution in [2.24, 2.45) is 0 Å². The first-order valence-electron chi connectivity index (χ1n) is 4.01. The minimum atomic E-state index is -3.10. The predicted octanol–water partition coefficient (Wildman–Crippen LogP) is -8.46. The zero-order valence-electron chi connectivity index (χ0n) is 8.65. The van der Waals surface area contributed by atoms with Crippen LogP contribution in [0.2, 0.25) is 0 Å². The number of carboxylic acid groups (broad SMARTS) is 1. The van der Waals surface area contributed by atoms with Crippen LogP contribution in [0.15, 0.2) is 0 Å². The summed E-state index contributed by atoms with van der Waals surface area (Å²) in [6.45, 7) is -2.36. The summed E-state index contributed by atoms with van der Waals surface area (Å²) in [6.07, 6.45) is -6.38. The Morgan fingerprint density at radius 3 is 1.94 bits per heavy atom. The molecule has 0 aromatic heterocycles. The number of carboxylic acids is 1. The zero-order valence-corrected chi connectivity index (χ0v) is 10.6. The monoisotopic (exact) mass is 248 g/mol. The molecule has 0 aliphatic rings. The third kappa shape index (κ3) is 3.91. The van der Waals surface area contributed by atoms with E-state index in [1.165, 1.54) is 0 Å². The molecule has 0 saturated carbocycles. The molecule has 6 N–H and O–H groups in total. The van der Waals surface area contributed by atoms with E-state index in [0.29, 0.717) is 0 Å². The van der Waals surface area contributed by atoms with Crippen LogP contribution in [0.25, 0.3) is 0 Å². The summed E-state index contributed by atoms with van der Waals surface area (Å²) in [7, 11) is 0. The topological polar surface area (TPSA) is 162 Å². The third-order valence-electron chi connectivity index (χ3n) is 1.99. The van der Waals surface area contributed by atoms with Gasteiger partial charge in [-0.15, -0.1) is 0 Å². The fourth-order valence-electron chi connectivity index (χ4n) is 0.880. The van der Waals surface area contributed by atoms with Crippen molar-refractivity contribution < 1.29 is 70.1 Å². The first-order valence-corrected chi connectivity index (χ1v) is 4.01. The van der Waals surface area contributed by atoms with Gasteiger partial charge in [0.05, 0.1) is 19.2 Å². The van der Waals surface area contributed by atoms with Gasteiger partial charge >= 0.3 is 29.6 Å². The Hall–Kier alpha value is 0.230. The standard InChI is InChI=1S/C7H14O8.Na/c8-1-3(10)4(11)5(12)7(15,2-9)6(13)14;/h3-5,8-12,15H,1-2H2,(H,13,14);/q;+1/p-1/t3-,4-,5+,7?;/m1./s1. The van der Waals surface area contributed by atoms with E-state index in [0.717, 1.165) is 0 Å². The van der Waals surface area contributed by atoms with E-state index in [-0.39, 0.29) is 29.6 Å². The van der Waals surface area contributed by atoms with E-state index in [1.807, 2.05) is 0 Å². The molecule has 0 spiro atoms. The van der Waals surface area contributed by atoms with Gasteiger partial charge in [0, 0.05) is 0 Å². The number of carbonyl (C=O) groups excluding carboxylic acids is 1. The molecule has 90 valence electrons. The second kappa shape index (κ2) is 7.54. The number of aliphatic hydroxyl groups excluding tert-OH is 5. The van der Waals surface area contributed by atoms with Gasteiger partial charge in [-0.05, 0) is 0 Å². The van der Waals surface area contributed by atoms with Crippen molar-refractivity contribution in [2.45, 2.75) is 23.9 Å². The minimum Gasteiger partial charge on any atom is -0.547 e. The molecule has 0 aromatic carbocycles. The van der Waals surface area contributed by atoms with E-state index in [2.05, 4.69) is 0 Å². The Morgan fingerprint density at radius 2 is 1.69 bits per heavy atom. The molecule has 0 amide bonds. The van der Waals surface area contributed by atoms with Crippen LogP contribution in [0.4, 0.5) is 0 Å². The molecule has 0 radical (unpaired) electrons. The maximum atomic E-state index is 10.4. The van der Waals surface area contributed by atoms with E-state index >= 15 is 0 Å². The third-order valence-corrected chi connectivity index (χ3v) is 1.99. The molecule has 8 nitrogen and oxygen atoms in total. The summed E-state index contributed by atoms with van der Waals surface area (Å²) >= 11 is 0. The first kappa shape index (κ1) is 18.6. The van der Waals surface area contributed by atoms with Crippen LogP contribution >= 0.6 is 0 Å². The van der Waals surface area contributed by atoms with Crippen LogP contribution in [0.1, 0.15) is 0 Å². The average Bonchev–Trinajstić information content (AvgIpc) is 2.24. The molecule has 0 saturated heterocycles. The molecule has 0 fully saturated rings. The Labute approximate surface area is 113 Å². The van der Waals surface area contributed by atoms with Gasteiger partial charge in [-0.2, -0.15) is 0 Å². The van der Waals surface area contributed by atoms with Crippen molar-refractivity contribution in [2.75, 3.05) is 13.2 Å². The second-order valence-corrected chi connectivity index (χ2v) is 3.06. The maximum Gasteiger partial charge on any atom is 1.00 e. The average molecular weight is 248 g/mol. The molecule has 0 bridgehead atoms. The number of hydrogen-bond acceptors (Lipinski definition) is 8. The molecule has 0 heterocycles. The van der Waals surface area contributed by atoms with E-state index in [9.17, 15) is 9.90 Å². The van der Waals surface area contributed by atoms with Crippen molar-refractivity contribution in [1.82, 2.24) is 0 Å². The molecular weight excluding hydrogens is 235 g/mol. The minimum absolute atomic E-state index is 0. The van der Waals surface area contributed by atoms with Crippen LogP contribution in [0, 0.1) is 0 Å². The molecule has 0 aromatic rings. The van der Waals surface area contributed by atoms with Crippen LogP contribution in [-0.4, -0.2) is 73.7 Å². The Bertz CT molecular complexity index is 224. The van der Waals surface area contributed by atoms with Crippen molar-refractivity contribution >= 4 is 5.97 Å². The largest absolute Gasteiger partial charge is 1.00 e. The molecular formula is C7H13NaO8. The maximum absolute atomic E-state index is 10.4. The molecule has 16 heavy (non-hydrogen) atoms. The second-order valence-electron chi connectivity index (χ2n) is 3.06. The van der Waals surface area contributed by atoms with Crippen molar-refractivity contribution in [1.29, 1.82) is 0 Å². The van der Waals surface area contributed by atoms with Crippen LogP contribution in [0.5, 0.6) is 0 Å². The fraction of sp³-hybridized carbons (Fsp3) is 0.857. The van der Waals surface area contributed by atoms with Crippen molar-refractivity contribution in [3.8, 4) is 0 Å². The normalized spacial score (nSPS) is 20.1. The summed E-state index contributed by atoms with van der Waals surface area (Å²) in [6, 6.07) is 0. The summed E-state index contributed by atoms with van der Waals surface area (Å²) in [4.78, 5) is 10.4. The van der Waals surface area contributed by atoms with Crippen molar-refractivity contribution in [3.05, 3.63) is 0 Å². The number of carbonyl (C=O) groups is 1. The van der Waals surface area contributed by atoms with Gasteiger partial charge in [-0.25, -0.2) is 0 Å². The van der Waals surface area contributed by atoms with Gasteiger partial charge in [-0.1, -0.05) is 0 Å². The SMILES string of the molecule is O=C([O-])C(O)(CO)[C@@H](O)[C@H](O)[C@H](O)CO.[Na+]. The van der Waals surface area contributed by atoms with Gasteiger partial charge in [-0.3, -0.25) is 0 Å². The molecule has 0 rings (SSSR count). The van der Waals surface area contributed by atoms with Gasteiger partial charge in [0.25, 0.3) is 0 Å². The first-order chi connectivity index (χ1) is 6.81. The number of aliphatic carboxylic acids is 1. The van der Waals surface area contributed by atoms with E-state index < -0.39 is 43.1 Å². The van der Waals surface area contributed by atoms with E-state index in [4.69, 9.17) is 30.6 Å². The molecule has 0 aliphatic carbocycles. The summed E-state index contributed by atoms with van der Waals surface area (Å²) < 4.78 is 0. The van der Waals surface area contributed by atoms with Crippen LogP contribution in [0.3, 0.4) is 0 Å². The summed E-state index contributed by atoms with van der Waals surface area (Å²) in [5.41, 5.74) is -3.10. The van der Waals surface area contributed by atoms with Gasteiger partial charge in [0.1, 0.15) is 18.3 Å². The van der Waals surface area contributed by atoms with Crippen molar-refractivity contribution in [3.63, 3.8) is 0 Å². The predicted molar refractivity (Wildman–Crippen MR) is 42.1 cm³/mol. The van der Waals surface area contributed by atoms with E-state index in [1.54, 1.807) is 0 Å². The van der Waals surface area contributed by atoms with Gasteiger partial charge in [0.2, 0.25) is 0 Å². The smallest absolute Gasteiger partial charge is 0.547 e. The summed E-state index contributed by atoms with van der Waals surface area (Å²) in [5, 5.41) is 63.6. The van der Waals surface area contributed by atoms with Crippen LogP contribution < -0.4 is 34.7 Å². The molecule has 0 aliphatic heterocycles. The molecule has 4 atom stereocenters. The quantitative estimate of drug-likeness (QED) is 0.252. The Morgan fingerprint density at radius 1 is 1.25 bits per heavy atom. The number of rotatable bonds is 6. The van der Waals surface area contributed by atoms with Gasteiger partial charge < -0.3 is 40.5 Å². The number of aliphatic hydroxyl groups is 6. The molecule has 9 heteroatoms.